The molecule has 1 heterocycles. The third kappa shape index (κ3) is 2.03. The first-order valence-corrected chi connectivity index (χ1v) is 10.7. The van der Waals surface area contributed by atoms with Crippen LogP contribution in [-0.4, -0.2) is 47.6 Å². The van der Waals surface area contributed by atoms with E-state index in [1.807, 2.05) is 6.08 Å². The molecule has 0 radical (unpaired) electrons. The summed E-state index contributed by atoms with van der Waals surface area (Å²) in [5.41, 5.74) is 0.0212. The molecule has 0 amide bonds. The van der Waals surface area contributed by atoms with Gasteiger partial charge in [-0.2, -0.15) is 0 Å². The minimum absolute atomic E-state index is 0.0510. The zero-order valence-corrected chi connectivity index (χ0v) is 16.8. The fourth-order valence-corrected chi connectivity index (χ4v) is 8.43. The molecule has 0 aromatic rings. The molecule has 28 heavy (non-hydrogen) atoms. The van der Waals surface area contributed by atoms with Crippen LogP contribution in [0.2, 0.25) is 0 Å². The summed E-state index contributed by atoms with van der Waals surface area (Å²) in [6.07, 6.45) is 8.39. The average molecular weight is 386 g/mol. The van der Waals surface area contributed by atoms with Crippen molar-refractivity contribution in [2.45, 2.75) is 45.6 Å². The SMILES string of the molecule is C[C@]12C=CC(=O)C=C1CC[C@@H]1[C@@H]2[C@@H](O)C[C@@]2(C)[C@H]1C[C@H]1CNC[C@]12C(=O)CO. The normalized spacial score (nSPS) is 51.8. The van der Waals surface area contributed by atoms with Gasteiger partial charge < -0.3 is 15.5 Å². The van der Waals surface area contributed by atoms with E-state index < -0.39 is 18.1 Å². The van der Waals surface area contributed by atoms with Gasteiger partial charge in [0, 0.05) is 17.9 Å². The lowest BCUT2D eigenvalue weighted by atomic mass is 9.44. The van der Waals surface area contributed by atoms with Crippen LogP contribution >= 0.6 is 0 Å². The van der Waals surface area contributed by atoms with E-state index in [1.165, 1.54) is 0 Å². The number of aliphatic hydroxyl groups excluding tert-OH is 2. The van der Waals surface area contributed by atoms with Gasteiger partial charge in [-0.1, -0.05) is 25.5 Å². The van der Waals surface area contributed by atoms with Gasteiger partial charge in [-0.3, -0.25) is 9.59 Å². The number of nitrogens with one attached hydrogen (secondary N) is 1. The highest BCUT2D eigenvalue weighted by Crippen LogP contribution is 2.71. The van der Waals surface area contributed by atoms with Gasteiger partial charge in [0.1, 0.15) is 6.61 Å². The van der Waals surface area contributed by atoms with E-state index in [1.54, 1.807) is 12.2 Å². The Morgan fingerprint density at radius 1 is 1.36 bits per heavy atom. The lowest BCUT2D eigenvalue weighted by Gasteiger charge is -2.60. The van der Waals surface area contributed by atoms with Crippen molar-refractivity contribution >= 4 is 11.6 Å². The van der Waals surface area contributed by atoms with E-state index in [0.717, 1.165) is 31.4 Å². The third-order valence-corrected chi connectivity index (χ3v) is 9.58. The van der Waals surface area contributed by atoms with Gasteiger partial charge in [-0.25, -0.2) is 0 Å². The first-order chi connectivity index (χ1) is 13.3. The first kappa shape index (κ1) is 18.7. The Morgan fingerprint density at radius 3 is 2.89 bits per heavy atom. The molecule has 0 unspecified atom stereocenters. The highest BCUT2D eigenvalue weighted by molar-refractivity contribution is 6.01. The van der Waals surface area contributed by atoms with Gasteiger partial charge in [-0.15, -0.1) is 0 Å². The molecule has 0 aromatic heterocycles. The zero-order chi connectivity index (χ0) is 19.9. The molecule has 5 rings (SSSR count). The van der Waals surface area contributed by atoms with Crippen molar-refractivity contribution in [3.63, 3.8) is 0 Å². The number of Topliss-reactive ketones (excluding diaryl/α,β-unsaturated/α-hetero) is 1. The van der Waals surface area contributed by atoms with E-state index in [0.29, 0.717) is 24.8 Å². The van der Waals surface area contributed by atoms with E-state index in [9.17, 15) is 19.8 Å². The Labute approximate surface area is 166 Å². The molecule has 1 saturated heterocycles. The van der Waals surface area contributed by atoms with E-state index in [2.05, 4.69) is 19.2 Å². The fraction of sp³-hybridized carbons (Fsp3) is 0.739. The van der Waals surface area contributed by atoms with Crippen molar-refractivity contribution in [2.24, 2.45) is 39.9 Å². The lowest BCUT2D eigenvalue weighted by Crippen LogP contribution is -2.60. The van der Waals surface area contributed by atoms with Gasteiger partial charge in [0.2, 0.25) is 0 Å². The second-order valence-electron chi connectivity index (χ2n) is 10.3. The number of rotatable bonds is 2. The number of hydrogen-bond donors (Lipinski definition) is 3. The maximum atomic E-state index is 13.0. The number of carbonyl (C=O) groups excluding carboxylic acids is 2. The molecular formula is C23H31NO4. The summed E-state index contributed by atoms with van der Waals surface area (Å²) in [6, 6.07) is 0. The summed E-state index contributed by atoms with van der Waals surface area (Å²) >= 11 is 0. The highest BCUT2D eigenvalue weighted by atomic mass is 16.3. The summed E-state index contributed by atoms with van der Waals surface area (Å²) in [6.45, 7) is 5.40. The van der Waals surface area contributed by atoms with Crippen LogP contribution in [0.3, 0.4) is 0 Å². The molecule has 8 atom stereocenters. The number of ketones is 2. The summed E-state index contributed by atoms with van der Waals surface area (Å²) in [5.74, 6) is 1.03. The van der Waals surface area contributed by atoms with Crippen molar-refractivity contribution in [1.29, 1.82) is 0 Å². The molecule has 5 heteroatoms. The van der Waals surface area contributed by atoms with Crippen molar-refractivity contribution in [1.82, 2.24) is 5.32 Å². The first-order valence-electron chi connectivity index (χ1n) is 10.7. The van der Waals surface area contributed by atoms with Crippen LogP contribution in [0, 0.1) is 39.9 Å². The van der Waals surface area contributed by atoms with Crippen LogP contribution in [0.15, 0.2) is 23.8 Å². The van der Waals surface area contributed by atoms with Gasteiger partial charge in [0.05, 0.1) is 11.5 Å². The molecule has 0 aromatic carbocycles. The molecule has 5 nitrogen and oxygen atoms in total. The molecule has 4 aliphatic carbocycles. The number of aliphatic hydroxyl groups is 2. The van der Waals surface area contributed by atoms with Gasteiger partial charge in [0.15, 0.2) is 11.6 Å². The Morgan fingerprint density at radius 2 is 2.14 bits per heavy atom. The van der Waals surface area contributed by atoms with Crippen LogP contribution in [0.1, 0.15) is 39.5 Å². The second kappa shape index (κ2) is 5.87. The molecule has 4 fully saturated rings. The molecule has 0 bridgehead atoms. The zero-order valence-electron chi connectivity index (χ0n) is 16.8. The fourth-order valence-electron chi connectivity index (χ4n) is 8.43. The Hall–Kier alpha value is -1.30. The largest absolute Gasteiger partial charge is 0.393 e. The monoisotopic (exact) mass is 385 g/mol. The minimum atomic E-state index is -0.562. The minimum Gasteiger partial charge on any atom is -0.393 e. The number of carbonyl (C=O) groups is 2. The van der Waals surface area contributed by atoms with Gasteiger partial charge in [0.25, 0.3) is 0 Å². The van der Waals surface area contributed by atoms with Crippen molar-refractivity contribution < 1.29 is 19.8 Å². The van der Waals surface area contributed by atoms with Gasteiger partial charge >= 0.3 is 0 Å². The molecule has 152 valence electrons. The summed E-state index contributed by atoms with van der Waals surface area (Å²) in [7, 11) is 0. The number of allylic oxidation sites excluding steroid dienone is 4. The maximum Gasteiger partial charge on any atom is 0.178 e. The third-order valence-electron chi connectivity index (χ3n) is 9.58. The molecule has 5 aliphatic rings. The van der Waals surface area contributed by atoms with Crippen LogP contribution in [-0.2, 0) is 9.59 Å². The smallest absolute Gasteiger partial charge is 0.178 e. The second-order valence-corrected chi connectivity index (χ2v) is 10.3. The van der Waals surface area contributed by atoms with Crippen molar-refractivity contribution in [2.75, 3.05) is 19.7 Å². The number of hydrogen-bond acceptors (Lipinski definition) is 5. The maximum absolute atomic E-state index is 13.0. The van der Waals surface area contributed by atoms with Crippen LogP contribution < -0.4 is 5.32 Å². The molecule has 3 saturated carbocycles. The Balaban J connectivity index is 1.59. The molecule has 0 spiro atoms. The van der Waals surface area contributed by atoms with Crippen LogP contribution in [0.4, 0.5) is 0 Å². The number of fused-ring (bicyclic) bond motifs is 7. The summed E-state index contributed by atoms with van der Waals surface area (Å²) < 4.78 is 0. The topological polar surface area (TPSA) is 86.6 Å². The standard InChI is InChI=1S/C23H31NO4/c1-21-6-5-15(26)7-13(21)3-4-16-17-8-14-10-24-12-23(14,19(28)11-25)22(17,2)9-18(27)20(16)21/h5-7,14,16-18,20,24-25,27H,3-4,8-12H2,1-2H3/t14-,16-,17-,18-,20+,21-,22-,23+/m0/s1. The van der Waals surface area contributed by atoms with Crippen molar-refractivity contribution in [3.05, 3.63) is 23.8 Å². The molecule has 1 aliphatic heterocycles. The molecular weight excluding hydrogens is 354 g/mol. The Kier molecular flexibility index (Phi) is 3.92. The predicted molar refractivity (Wildman–Crippen MR) is 104 cm³/mol. The summed E-state index contributed by atoms with van der Waals surface area (Å²) in [5, 5.41) is 24.6. The molecule has 3 N–H and O–H groups in total. The quantitative estimate of drug-likeness (QED) is 0.673. The average Bonchev–Trinajstić information content (AvgIpc) is 3.18. The summed E-state index contributed by atoms with van der Waals surface area (Å²) in [4.78, 5) is 25.0. The highest BCUT2D eigenvalue weighted by Gasteiger charge is 2.72. The lowest BCUT2D eigenvalue weighted by molar-refractivity contribution is -0.157. The van der Waals surface area contributed by atoms with Crippen molar-refractivity contribution in [3.8, 4) is 0 Å². The predicted octanol–water partition coefficient (Wildman–Crippen LogP) is 1.64. The Bertz CT molecular complexity index is 802. The van der Waals surface area contributed by atoms with E-state index >= 15 is 0 Å². The van der Waals surface area contributed by atoms with Crippen LogP contribution in [0.25, 0.3) is 0 Å². The van der Waals surface area contributed by atoms with E-state index in [4.69, 9.17) is 0 Å². The van der Waals surface area contributed by atoms with E-state index in [-0.39, 0.29) is 34.2 Å². The van der Waals surface area contributed by atoms with Gasteiger partial charge in [-0.05, 0) is 67.5 Å². The van der Waals surface area contributed by atoms with Crippen LogP contribution in [0.5, 0.6) is 0 Å².